The van der Waals surface area contributed by atoms with Gasteiger partial charge in [-0.25, -0.2) is 0 Å². The SMILES string of the molecule is CC1SCCCC1N1CCN(CCC(=O)O)CC1. The minimum atomic E-state index is -0.685. The molecule has 0 saturated carbocycles. The summed E-state index contributed by atoms with van der Waals surface area (Å²) in [5, 5.41) is 9.45. The van der Waals surface area contributed by atoms with E-state index in [4.69, 9.17) is 5.11 Å². The average Bonchev–Trinajstić information content (AvgIpc) is 2.38. The van der Waals surface area contributed by atoms with Gasteiger partial charge in [0.15, 0.2) is 0 Å². The third kappa shape index (κ3) is 3.87. The van der Waals surface area contributed by atoms with Gasteiger partial charge in [-0.1, -0.05) is 6.92 Å². The molecule has 2 heterocycles. The first-order valence-corrected chi connectivity index (χ1v) is 8.01. The molecule has 0 radical (unpaired) electrons. The molecule has 5 heteroatoms. The zero-order chi connectivity index (χ0) is 13.0. The van der Waals surface area contributed by atoms with Crippen molar-refractivity contribution in [2.24, 2.45) is 0 Å². The van der Waals surface area contributed by atoms with Gasteiger partial charge in [-0.15, -0.1) is 0 Å². The topological polar surface area (TPSA) is 43.8 Å². The van der Waals surface area contributed by atoms with Gasteiger partial charge >= 0.3 is 5.97 Å². The van der Waals surface area contributed by atoms with Crippen molar-refractivity contribution < 1.29 is 9.90 Å². The van der Waals surface area contributed by atoms with Gasteiger partial charge in [0.1, 0.15) is 0 Å². The second kappa shape index (κ2) is 6.78. The van der Waals surface area contributed by atoms with E-state index in [9.17, 15) is 4.79 Å². The molecule has 1 N–H and O–H groups in total. The van der Waals surface area contributed by atoms with Crippen LogP contribution in [0.5, 0.6) is 0 Å². The molecule has 0 aromatic carbocycles. The highest BCUT2D eigenvalue weighted by Gasteiger charge is 2.29. The van der Waals surface area contributed by atoms with Crippen molar-refractivity contribution in [3.05, 3.63) is 0 Å². The third-order valence-corrected chi connectivity index (χ3v) is 5.45. The summed E-state index contributed by atoms with van der Waals surface area (Å²) >= 11 is 2.10. The Morgan fingerprint density at radius 2 is 2.06 bits per heavy atom. The monoisotopic (exact) mass is 272 g/mol. The maximum atomic E-state index is 10.6. The Labute approximate surface area is 114 Å². The molecule has 2 fully saturated rings. The summed E-state index contributed by atoms with van der Waals surface area (Å²) in [6, 6.07) is 0.741. The zero-order valence-electron chi connectivity index (χ0n) is 11.2. The number of aliphatic carboxylic acids is 1. The van der Waals surface area contributed by atoms with Crippen molar-refractivity contribution in [2.75, 3.05) is 38.5 Å². The number of carboxylic acid groups (broad SMARTS) is 1. The minimum absolute atomic E-state index is 0.273. The van der Waals surface area contributed by atoms with Crippen LogP contribution < -0.4 is 0 Å². The van der Waals surface area contributed by atoms with E-state index in [1.807, 2.05) is 0 Å². The molecule has 0 bridgehead atoms. The van der Waals surface area contributed by atoms with Crippen molar-refractivity contribution in [2.45, 2.75) is 37.5 Å². The number of piperazine rings is 1. The highest BCUT2D eigenvalue weighted by molar-refractivity contribution is 7.99. The number of rotatable bonds is 4. The fourth-order valence-electron chi connectivity index (χ4n) is 2.96. The van der Waals surface area contributed by atoms with E-state index in [0.29, 0.717) is 6.54 Å². The molecule has 2 aliphatic rings. The molecule has 18 heavy (non-hydrogen) atoms. The van der Waals surface area contributed by atoms with Gasteiger partial charge in [-0.05, 0) is 18.6 Å². The lowest BCUT2D eigenvalue weighted by Gasteiger charge is -2.43. The Morgan fingerprint density at radius 3 is 2.67 bits per heavy atom. The lowest BCUT2D eigenvalue weighted by molar-refractivity contribution is -0.137. The van der Waals surface area contributed by atoms with Crippen LogP contribution in [0.4, 0.5) is 0 Å². The van der Waals surface area contributed by atoms with Crippen LogP contribution in [0.2, 0.25) is 0 Å². The van der Waals surface area contributed by atoms with Gasteiger partial charge in [-0.2, -0.15) is 11.8 Å². The van der Waals surface area contributed by atoms with Crippen LogP contribution in [0, 0.1) is 0 Å². The Balaban J connectivity index is 1.74. The molecule has 0 amide bonds. The van der Waals surface area contributed by atoms with Crippen LogP contribution in [0.3, 0.4) is 0 Å². The quantitative estimate of drug-likeness (QED) is 0.837. The second-order valence-electron chi connectivity index (χ2n) is 5.31. The number of carbonyl (C=O) groups is 1. The largest absolute Gasteiger partial charge is 0.481 e. The Morgan fingerprint density at radius 1 is 1.33 bits per heavy atom. The first kappa shape index (κ1) is 14.2. The molecule has 2 aliphatic heterocycles. The number of nitrogens with zero attached hydrogens (tertiary/aromatic N) is 2. The van der Waals surface area contributed by atoms with Crippen LogP contribution in [0.1, 0.15) is 26.2 Å². The standard InChI is InChI=1S/C13H24N2O2S/c1-11-12(3-2-10-18-11)15-8-6-14(7-9-15)5-4-13(16)17/h11-12H,2-10H2,1H3,(H,16,17). The molecule has 104 valence electrons. The molecule has 4 nitrogen and oxygen atoms in total. The first-order chi connectivity index (χ1) is 8.66. The number of hydrogen-bond acceptors (Lipinski definition) is 4. The van der Waals surface area contributed by atoms with Gasteiger partial charge in [0.2, 0.25) is 0 Å². The van der Waals surface area contributed by atoms with E-state index in [0.717, 1.165) is 37.5 Å². The van der Waals surface area contributed by atoms with Crippen molar-refractivity contribution in [1.29, 1.82) is 0 Å². The van der Waals surface area contributed by atoms with E-state index in [1.165, 1.54) is 18.6 Å². The fraction of sp³-hybridized carbons (Fsp3) is 0.923. The van der Waals surface area contributed by atoms with Gasteiger partial charge in [0, 0.05) is 44.0 Å². The molecule has 0 aromatic heterocycles. The van der Waals surface area contributed by atoms with E-state index in [1.54, 1.807) is 0 Å². The van der Waals surface area contributed by atoms with Crippen molar-refractivity contribution in [1.82, 2.24) is 9.80 Å². The Kier molecular flexibility index (Phi) is 5.33. The van der Waals surface area contributed by atoms with Crippen molar-refractivity contribution >= 4 is 17.7 Å². The second-order valence-corrected chi connectivity index (χ2v) is 6.79. The van der Waals surface area contributed by atoms with Gasteiger partial charge in [0.05, 0.1) is 6.42 Å². The van der Waals surface area contributed by atoms with E-state index in [-0.39, 0.29) is 6.42 Å². The first-order valence-electron chi connectivity index (χ1n) is 6.96. The van der Waals surface area contributed by atoms with Crippen LogP contribution in [-0.4, -0.2) is 70.6 Å². The average molecular weight is 272 g/mol. The molecule has 2 atom stereocenters. The molecule has 2 unspecified atom stereocenters. The normalized spacial score (nSPS) is 31.4. The lowest BCUT2D eigenvalue weighted by atomic mass is 10.1. The number of carboxylic acids is 1. The highest BCUT2D eigenvalue weighted by Crippen LogP contribution is 2.29. The predicted molar refractivity (Wildman–Crippen MR) is 75.2 cm³/mol. The predicted octanol–water partition coefficient (Wildman–Crippen LogP) is 1.36. The molecule has 0 aliphatic carbocycles. The van der Waals surface area contributed by atoms with Crippen LogP contribution in [0.15, 0.2) is 0 Å². The number of thioether (sulfide) groups is 1. The molecular weight excluding hydrogens is 248 g/mol. The van der Waals surface area contributed by atoms with E-state index in [2.05, 4.69) is 28.5 Å². The highest BCUT2D eigenvalue weighted by atomic mass is 32.2. The van der Waals surface area contributed by atoms with Gasteiger partial charge in [0.25, 0.3) is 0 Å². The van der Waals surface area contributed by atoms with E-state index >= 15 is 0 Å². The summed E-state index contributed by atoms with van der Waals surface area (Å²) in [5.74, 6) is 0.630. The Hall–Kier alpha value is -0.260. The molecule has 0 spiro atoms. The fourth-order valence-corrected chi connectivity index (χ4v) is 4.19. The van der Waals surface area contributed by atoms with Crippen LogP contribution >= 0.6 is 11.8 Å². The Bertz CT molecular complexity index is 280. The van der Waals surface area contributed by atoms with Crippen LogP contribution in [-0.2, 0) is 4.79 Å². The summed E-state index contributed by atoms with van der Waals surface area (Å²) in [6.45, 7) is 7.33. The summed E-state index contributed by atoms with van der Waals surface area (Å²) in [5.41, 5.74) is 0. The smallest absolute Gasteiger partial charge is 0.304 e. The molecular formula is C13H24N2O2S. The maximum Gasteiger partial charge on any atom is 0.304 e. The summed E-state index contributed by atoms with van der Waals surface area (Å²) in [6.07, 6.45) is 2.96. The summed E-state index contributed by atoms with van der Waals surface area (Å²) in [7, 11) is 0. The number of hydrogen-bond donors (Lipinski definition) is 1. The van der Waals surface area contributed by atoms with Crippen molar-refractivity contribution in [3.8, 4) is 0 Å². The lowest BCUT2D eigenvalue weighted by Crippen LogP contribution is -2.53. The third-order valence-electron chi connectivity index (χ3n) is 4.08. The molecule has 0 aromatic rings. The summed E-state index contributed by atoms with van der Waals surface area (Å²) in [4.78, 5) is 15.5. The molecule has 2 rings (SSSR count). The van der Waals surface area contributed by atoms with Crippen LogP contribution in [0.25, 0.3) is 0 Å². The molecule has 2 saturated heterocycles. The maximum absolute atomic E-state index is 10.6. The van der Waals surface area contributed by atoms with E-state index < -0.39 is 5.97 Å². The van der Waals surface area contributed by atoms with Gasteiger partial charge < -0.3 is 10.0 Å². The zero-order valence-corrected chi connectivity index (χ0v) is 12.0. The van der Waals surface area contributed by atoms with Crippen molar-refractivity contribution in [3.63, 3.8) is 0 Å². The van der Waals surface area contributed by atoms with Gasteiger partial charge in [-0.3, -0.25) is 9.69 Å². The summed E-state index contributed by atoms with van der Waals surface area (Å²) < 4.78 is 0. The minimum Gasteiger partial charge on any atom is -0.481 e.